The molecule has 2 heterocycles. The number of anilines is 2. The summed E-state index contributed by atoms with van der Waals surface area (Å²) in [5, 5.41) is 9.56. The van der Waals surface area contributed by atoms with Gasteiger partial charge in [0.25, 0.3) is 0 Å². The zero-order valence-corrected chi connectivity index (χ0v) is 12.3. The van der Waals surface area contributed by atoms with Crippen molar-refractivity contribution in [1.29, 1.82) is 0 Å². The van der Waals surface area contributed by atoms with E-state index in [0.717, 1.165) is 35.4 Å². The van der Waals surface area contributed by atoms with Gasteiger partial charge in [0.2, 0.25) is 0 Å². The van der Waals surface area contributed by atoms with Crippen LogP contribution < -0.4 is 10.6 Å². The normalized spacial score (nSPS) is 12.2. The molecule has 0 aliphatic heterocycles. The molecule has 0 spiro atoms. The van der Waals surface area contributed by atoms with Crippen molar-refractivity contribution in [3.63, 3.8) is 0 Å². The lowest BCUT2D eigenvalue weighted by atomic mass is 10.2. The molecule has 2 rings (SSSR count). The molecule has 2 aromatic heterocycles. The van der Waals surface area contributed by atoms with Gasteiger partial charge in [0.1, 0.15) is 17.5 Å². The Morgan fingerprint density at radius 1 is 1.32 bits per heavy atom. The second kappa shape index (κ2) is 6.47. The van der Waals surface area contributed by atoms with E-state index in [1.54, 1.807) is 11.3 Å². The van der Waals surface area contributed by atoms with Gasteiger partial charge in [-0.05, 0) is 0 Å². The number of hydrogen-bond donors (Lipinski definition) is 2. The van der Waals surface area contributed by atoms with Crippen molar-refractivity contribution in [1.82, 2.24) is 15.0 Å². The molecule has 0 saturated carbocycles. The lowest BCUT2D eigenvalue weighted by Crippen LogP contribution is -2.12. The molecule has 0 fully saturated rings. The molecule has 19 heavy (non-hydrogen) atoms. The van der Waals surface area contributed by atoms with Gasteiger partial charge in [-0.3, -0.25) is 0 Å². The lowest BCUT2D eigenvalue weighted by Gasteiger charge is -2.12. The van der Waals surface area contributed by atoms with Crippen LogP contribution in [0.2, 0.25) is 0 Å². The largest absolute Gasteiger partial charge is 0.373 e. The van der Waals surface area contributed by atoms with Crippen molar-refractivity contribution in [3.05, 3.63) is 28.5 Å². The molecule has 2 N–H and O–H groups in total. The van der Waals surface area contributed by atoms with E-state index in [1.807, 2.05) is 24.7 Å². The molecular formula is C13H19N5S. The van der Waals surface area contributed by atoms with Crippen LogP contribution in [0.4, 0.5) is 11.6 Å². The lowest BCUT2D eigenvalue weighted by molar-refractivity contribution is 0.789. The molecule has 1 atom stereocenters. The molecule has 0 radical (unpaired) electrons. The maximum absolute atomic E-state index is 4.47. The summed E-state index contributed by atoms with van der Waals surface area (Å²) in [5.41, 5.74) is 0. The Morgan fingerprint density at radius 2 is 2.11 bits per heavy atom. The minimum Gasteiger partial charge on any atom is -0.373 e. The number of aromatic nitrogens is 3. The first-order valence-electron chi connectivity index (χ1n) is 6.42. The van der Waals surface area contributed by atoms with Crippen LogP contribution in [-0.4, -0.2) is 28.5 Å². The number of nitrogens with zero attached hydrogens (tertiary/aromatic N) is 3. The zero-order valence-electron chi connectivity index (χ0n) is 11.5. The molecular weight excluding hydrogens is 258 g/mol. The third kappa shape index (κ3) is 3.64. The fourth-order valence-electron chi connectivity index (χ4n) is 1.70. The second-order valence-corrected chi connectivity index (χ2v) is 5.24. The zero-order chi connectivity index (χ0) is 13.7. The summed E-state index contributed by atoms with van der Waals surface area (Å²) < 4.78 is 0. The molecule has 2 aromatic rings. The smallest absolute Gasteiger partial charge is 0.132 e. The van der Waals surface area contributed by atoms with Crippen LogP contribution >= 0.6 is 11.3 Å². The highest BCUT2D eigenvalue weighted by molar-refractivity contribution is 7.09. The average Bonchev–Trinajstić information content (AvgIpc) is 2.98. The summed E-state index contributed by atoms with van der Waals surface area (Å²) in [6.07, 6.45) is 2.67. The fraction of sp³-hybridized carbons (Fsp3) is 0.462. The van der Waals surface area contributed by atoms with E-state index in [1.165, 1.54) is 0 Å². The first kappa shape index (κ1) is 13.7. The highest BCUT2D eigenvalue weighted by Gasteiger charge is 2.09. The van der Waals surface area contributed by atoms with Gasteiger partial charge in [0, 0.05) is 43.6 Å². The van der Waals surface area contributed by atoms with Gasteiger partial charge in [-0.25, -0.2) is 15.0 Å². The van der Waals surface area contributed by atoms with Gasteiger partial charge in [-0.2, -0.15) is 0 Å². The Bertz CT molecular complexity index is 490. The molecule has 0 amide bonds. The van der Waals surface area contributed by atoms with Gasteiger partial charge in [0.05, 0.1) is 5.01 Å². The SMILES string of the molecule is CCc1nc(NC)cc(NCC(C)c2nccs2)n1. The van der Waals surface area contributed by atoms with Gasteiger partial charge < -0.3 is 10.6 Å². The van der Waals surface area contributed by atoms with E-state index < -0.39 is 0 Å². The van der Waals surface area contributed by atoms with Gasteiger partial charge in [-0.15, -0.1) is 11.3 Å². The third-order valence-corrected chi connectivity index (χ3v) is 3.81. The summed E-state index contributed by atoms with van der Waals surface area (Å²) in [6.45, 7) is 5.03. The quantitative estimate of drug-likeness (QED) is 0.850. The number of hydrogen-bond acceptors (Lipinski definition) is 6. The predicted molar refractivity (Wildman–Crippen MR) is 80.0 cm³/mol. The highest BCUT2D eigenvalue weighted by Crippen LogP contribution is 2.19. The van der Waals surface area contributed by atoms with E-state index in [2.05, 4.69) is 39.4 Å². The molecule has 0 saturated heterocycles. The molecule has 1 unspecified atom stereocenters. The number of rotatable bonds is 6. The van der Waals surface area contributed by atoms with Gasteiger partial charge >= 0.3 is 0 Å². The molecule has 0 bridgehead atoms. The predicted octanol–water partition coefficient (Wildman–Crippen LogP) is 2.75. The Morgan fingerprint density at radius 3 is 2.74 bits per heavy atom. The Hall–Kier alpha value is -1.69. The maximum atomic E-state index is 4.47. The number of thiazole rings is 1. The van der Waals surface area contributed by atoms with Crippen molar-refractivity contribution < 1.29 is 0 Å². The first-order chi connectivity index (χ1) is 9.22. The first-order valence-corrected chi connectivity index (χ1v) is 7.29. The van der Waals surface area contributed by atoms with Crippen LogP contribution in [0, 0.1) is 0 Å². The Labute approximate surface area is 117 Å². The highest BCUT2D eigenvalue weighted by atomic mass is 32.1. The van der Waals surface area contributed by atoms with E-state index in [0.29, 0.717) is 5.92 Å². The van der Waals surface area contributed by atoms with Crippen LogP contribution in [0.15, 0.2) is 17.6 Å². The minimum absolute atomic E-state index is 0.373. The summed E-state index contributed by atoms with van der Waals surface area (Å²) in [5.74, 6) is 2.92. The Balaban J connectivity index is 2.02. The summed E-state index contributed by atoms with van der Waals surface area (Å²) in [4.78, 5) is 13.2. The van der Waals surface area contributed by atoms with Crippen LogP contribution in [-0.2, 0) is 6.42 Å². The summed E-state index contributed by atoms with van der Waals surface area (Å²) in [7, 11) is 1.86. The van der Waals surface area contributed by atoms with E-state index in [4.69, 9.17) is 0 Å². The summed E-state index contributed by atoms with van der Waals surface area (Å²) >= 11 is 1.69. The van der Waals surface area contributed by atoms with Gasteiger partial charge in [-0.1, -0.05) is 13.8 Å². The molecule has 0 aliphatic carbocycles. The standard InChI is InChI=1S/C13H19N5S/c1-4-10-17-11(14-3)7-12(18-10)16-8-9(2)13-15-5-6-19-13/h5-7,9H,4,8H2,1-3H3,(H2,14,16,17,18). The van der Waals surface area contributed by atoms with E-state index in [-0.39, 0.29) is 0 Å². The topological polar surface area (TPSA) is 62.7 Å². The minimum atomic E-state index is 0.373. The van der Waals surface area contributed by atoms with Crippen molar-refractivity contribution in [2.75, 3.05) is 24.2 Å². The second-order valence-electron chi connectivity index (χ2n) is 4.31. The van der Waals surface area contributed by atoms with Crippen LogP contribution in [0.3, 0.4) is 0 Å². The van der Waals surface area contributed by atoms with Crippen LogP contribution in [0.25, 0.3) is 0 Å². The molecule has 5 nitrogen and oxygen atoms in total. The van der Waals surface area contributed by atoms with Gasteiger partial charge in [0.15, 0.2) is 0 Å². The van der Waals surface area contributed by atoms with Crippen molar-refractivity contribution in [2.45, 2.75) is 26.2 Å². The molecule has 102 valence electrons. The van der Waals surface area contributed by atoms with Crippen molar-refractivity contribution >= 4 is 23.0 Å². The monoisotopic (exact) mass is 277 g/mol. The van der Waals surface area contributed by atoms with Crippen molar-refractivity contribution in [3.8, 4) is 0 Å². The molecule has 0 aromatic carbocycles. The van der Waals surface area contributed by atoms with E-state index >= 15 is 0 Å². The van der Waals surface area contributed by atoms with Crippen LogP contribution in [0.1, 0.15) is 30.6 Å². The Kier molecular flexibility index (Phi) is 4.68. The van der Waals surface area contributed by atoms with E-state index in [9.17, 15) is 0 Å². The van der Waals surface area contributed by atoms with Crippen molar-refractivity contribution in [2.24, 2.45) is 0 Å². The number of aryl methyl sites for hydroxylation is 1. The number of nitrogens with one attached hydrogen (secondary N) is 2. The van der Waals surface area contributed by atoms with Crippen LogP contribution in [0.5, 0.6) is 0 Å². The molecule has 6 heteroatoms. The molecule has 0 aliphatic rings. The third-order valence-electron chi connectivity index (χ3n) is 2.81. The maximum Gasteiger partial charge on any atom is 0.132 e. The fourth-order valence-corrected chi connectivity index (χ4v) is 2.40. The summed E-state index contributed by atoms with van der Waals surface area (Å²) in [6, 6.07) is 1.92. The average molecular weight is 277 g/mol.